The van der Waals surface area contributed by atoms with Crippen molar-refractivity contribution in [3.05, 3.63) is 82.4 Å². The second kappa shape index (κ2) is 7.10. The summed E-state index contributed by atoms with van der Waals surface area (Å²) in [6.45, 7) is 1.96. The van der Waals surface area contributed by atoms with Crippen LogP contribution in [0.4, 0.5) is 10.5 Å². The van der Waals surface area contributed by atoms with Crippen LogP contribution in [0, 0.1) is 6.92 Å². The van der Waals surface area contributed by atoms with Gasteiger partial charge in [-0.3, -0.25) is 9.59 Å². The van der Waals surface area contributed by atoms with Crippen LogP contribution in [0.2, 0.25) is 0 Å². The molecule has 0 bridgehead atoms. The minimum Gasteiger partial charge on any atom is -0.449 e. The maximum Gasteiger partial charge on any atom is 0.511 e. The van der Waals surface area contributed by atoms with Gasteiger partial charge < -0.3 is 15.6 Å². The van der Waals surface area contributed by atoms with Gasteiger partial charge >= 0.3 is 6.16 Å². The van der Waals surface area contributed by atoms with Crippen molar-refractivity contribution in [2.75, 3.05) is 5.73 Å². The quantitative estimate of drug-likeness (QED) is 0.292. The molecule has 6 nitrogen and oxygen atoms in total. The van der Waals surface area contributed by atoms with Crippen molar-refractivity contribution >= 4 is 35.2 Å². The molecule has 4 rings (SSSR count). The van der Waals surface area contributed by atoms with E-state index in [4.69, 9.17) is 15.6 Å². The minimum absolute atomic E-state index is 0.0259. The fraction of sp³-hybridized carbons (Fsp3) is 0.0455. The van der Waals surface area contributed by atoms with Crippen LogP contribution in [0.1, 0.15) is 37.4 Å². The summed E-state index contributed by atoms with van der Waals surface area (Å²) in [5.74, 6) is -0.945. The van der Waals surface area contributed by atoms with Gasteiger partial charge in [0.25, 0.3) is 0 Å². The second-order valence-corrected chi connectivity index (χ2v) is 7.64. The summed E-state index contributed by atoms with van der Waals surface area (Å²) in [4.78, 5) is 38.7. The van der Waals surface area contributed by atoms with Crippen molar-refractivity contribution in [2.24, 2.45) is 0 Å². The molecule has 0 atom stereocenters. The molecule has 0 heterocycles. The van der Waals surface area contributed by atoms with Gasteiger partial charge in [0.15, 0.2) is 17.3 Å². The summed E-state index contributed by atoms with van der Waals surface area (Å²) in [7, 11) is 0. The minimum atomic E-state index is -1.56. The van der Waals surface area contributed by atoms with Crippen LogP contribution in [-0.2, 0) is 0 Å². The van der Waals surface area contributed by atoms with Gasteiger partial charge in [0.05, 0.1) is 16.8 Å². The first-order chi connectivity index (χ1) is 13.9. The molecule has 0 unspecified atom stereocenters. The third-order valence-corrected chi connectivity index (χ3v) is 5.66. The first-order valence-electron chi connectivity index (χ1n) is 8.67. The van der Waals surface area contributed by atoms with Crippen LogP contribution in [0.25, 0.3) is 0 Å². The van der Waals surface area contributed by atoms with E-state index in [1.54, 1.807) is 24.3 Å². The fourth-order valence-electron chi connectivity index (χ4n) is 3.25. The maximum atomic E-state index is 13.2. The van der Waals surface area contributed by atoms with Crippen molar-refractivity contribution in [3.63, 3.8) is 0 Å². The van der Waals surface area contributed by atoms with E-state index in [1.807, 2.05) is 31.2 Å². The Morgan fingerprint density at radius 3 is 2.14 bits per heavy atom. The monoisotopic (exact) mass is 405 g/mol. The van der Waals surface area contributed by atoms with Crippen LogP contribution in [0.15, 0.2) is 64.4 Å². The van der Waals surface area contributed by atoms with E-state index >= 15 is 0 Å². The van der Waals surface area contributed by atoms with Crippen LogP contribution < -0.4 is 10.5 Å². The van der Waals surface area contributed by atoms with Gasteiger partial charge in [-0.1, -0.05) is 53.7 Å². The first-order valence-corrected chi connectivity index (χ1v) is 9.48. The largest absolute Gasteiger partial charge is 0.511 e. The van der Waals surface area contributed by atoms with Crippen LogP contribution in [0.3, 0.4) is 0 Å². The molecule has 0 saturated heterocycles. The fourth-order valence-corrected chi connectivity index (χ4v) is 4.24. The van der Waals surface area contributed by atoms with E-state index in [-0.39, 0.29) is 33.9 Å². The van der Waals surface area contributed by atoms with Crippen LogP contribution >= 0.6 is 11.8 Å². The highest BCUT2D eigenvalue weighted by atomic mass is 32.2. The van der Waals surface area contributed by atoms with Gasteiger partial charge in [-0.25, -0.2) is 4.79 Å². The number of anilines is 1. The Balaban J connectivity index is 1.95. The highest BCUT2D eigenvalue weighted by Crippen LogP contribution is 2.43. The number of carboxylic acid groups (broad SMARTS) is 1. The molecule has 1 aliphatic carbocycles. The lowest BCUT2D eigenvalue weighted by Crippen LogP contribution is -2.24. The topological polar surface area (TPSA) is 107 Å². The number of fused-ring (bicyclic) bond motifs is 2. The summed E-state index contributed by atoms with van der Waals surface area (Å²) in [5.41, 5.74) is 7.64. The molecule has 7 heteroatoms. The summed E-state index contributed by atoms with van der Waals surface area (Å²) in [5, 5.41) is 9.05. The van der Waals surface area contributed by atoms with Crippen molar-refractivity contribution in [2.45, 2.75) is 16.7 Å². The molecule has 3 aromatic rings. The smallest absolute Gasteiger partial charge is 0.449 e. The molecule has 0 amide bonds. The van der Waals surface area contributed by atoms with Gasteiger partial charge in [0.1, 0.15) is 0 Å². The molecule has 0 saturated carbocycles. The zero-order chi connectivity index (χ0) is 20.7. The van der Waals surface area contributed by atoms with E-state index in [2.05, 4.69) is 0 Å². The Morgan fingerprint density at radius 2 is 1.55 bits per heavy atom. The van der Waals surface area contributed by atoms with Crippen LogP contribution in [0.5, 0.6) is 5.75 Å². The number of nitrogens with two attached hydrogens (primary N) is 1. The second-order valence-electron chi connectivity index (χ2n) is 6.52. The highest BCUT2D eigenvalue weighted by Gasteiger charge is 2.35. The third-order valence-electron chi connectivity index (χ3n) is 4.61. The number of rotatable bonds is 3. The zero-order valence-corrected chi connectivity index (χ0v) is 16.1. The predicted molar refractivity (Wildman–Crippen MR) is 108 cm³/mol. The first kappa shape index (κ1) is 18.8. The number of carbonyl (C=O) groups excluding carboxylic acids is 2. The molecule has 29 heavy (non-hydrogen) atoms. The number of carbonyl (C=O) groups is 3. The lowest BCUT2D eigenvalue weighted by atomic mass is 9.83. The summed E-state index contributed by atoms with van der Waals surface area (Å²) >= 11 is 1.24. The predicted octanol–water partition coefficient (Wildman–Crippen LogP) is 4.56. The van der Waals surface area contributed by atoms with E-state index < -0.39 is 11.9 Å². The Hall–Kier alpha value is -3.58. The molecular formula is C22H15NO5S. The van der Waals surface area contributed by atoms with Gasteiger partial charge in [-0.2, -0.15) is 0 Å². The molecule has 3 N–H and O–H groups in total. The van der Waals surface area contributed by atoms with E-state index in [9.17, 15) is 14.4 Å². The molecule has 0 fully saturated rings. The van der Waals surface area contributed by atoms with Crippen LogP contribution in [-0.4, -0.2) is 22.8 Å². The van der Waals surface area contributed by atoms with Crippen molar-refractivity contribution < 1.29 is 24.2 Å². The SMILES string of the molecule is Cc1ccc(Sc2cc(OC(=O)O)c(N)c3c2C(=O)c2ccccc2C3=O)cc1. The number of hydrogen-bond donors (Lipinski definition) is 2. The van der Waals surface area contributed by atoms with Crippen molar-refractivity contribution in [1.29, 1.82) is 0 Å². The zero-order valence-electron chi connectivity index (χ0n) is 15.3. The average molecular weight is 405 g/mol. The molecule has 0 radical (unpaired) electrons. The lowest BCUT2D eigenvalue weighted by molar-refractivity contribution is 0.0977. The normalized spacial score (nSPS) is 12.3. The lowest BCUT2D eigenvalue weighted by Gasteiger charge is -2.22. The molecular weight excluding hydrogens is 390 g/mol. The number of nitrogen functional groups attached to an aromatic ring is 1. The molecule has 0 spiro atoms. The number of ketones is 2. The Bertz CT molecular complexity index is 1180. The summed E-state index contributed by atoms with van der Waals surface area (Å²) in [6, 6.07) is 15.5. The number of benzene rings is 3. The molecule has 0 aromatic heterocycles. The van der Waals surface area contributed by atoms with E-state index in [1.165, 1.54) is 17.8 Å². The molecule has 0 aliphatic heterocycles. The highest BCUT2D eigenvalue weighted by molar-refractivity contribution is 7.99. The van der Waals surface area contributed by atoms with E-state index in [0.29, 0.717) is 10.5 Å². The number of hydrogen-bond acceptors (Lipinski definition) is 6. The Labute approximate surface area is 170 Å². The maximum absolute atomic E-state index is 13.2. The van der Waals surface area contributed by atoms with Crippen molar-refractivity contribution in [1.82, 2.24) is 0 Å². The number of ether oxygens (including phenoxy) is 1. The van der Waals surface area contributed by atoms with Gasteiger partial charge in [-0.15, -0.1) is 0 Å². The number of aryl methyl sites for hydroxylation is 1. The van der Waals surface area contributed by atoms with E-state index in [0.717, 1.165) is 10.5 Å². The molecule has 144 valence electrons. The Morgan fingerprint density at radius 1 is 0.966 bits per heavy atom. The molecule has 1 aliphatic rings. The van der Waals surface area contributed by atoms with Crippen molar-refractivity contribution in [3.8, 4) is 5.75 Å². The van der Waals surface area contributed by atoms with Gasteiger partial charge in [0, 0.05) is 20.9 Å². The van der Waals surface area contributed by atoms with Gasteiger partial charge in [0.2, 0.25) is 0 Å². The molecule has 3 aromatic carbocycles. The summed E-state index contributed by atoms with van der Waals surface area (Å²) in [6.07, 6.45) is -1.56. The third kappa shape index (κ3) is 3.25. The van der Waals surface area contributed by atoms with Gasteiger partial charge in [-0.05, 0) is 25.1 Å². The average Bonchev–Trinajstić information content (AvgIpc) is 2.69. The standard InChI is InChI=1S/C22H15NO5S/c1-11-6-8-12(9-7-11)29-16-10-15(28-22(26)27)19(23)18-17(16)20(24)13-4-2-3-5-14(13)21(18)25/h2-10H,23H2,1H3,(H,26,27). The summed E-state index contributed by atoms with van der Waals surface area (Å²) < 4.78 is 4.79. The Kier molecular flexibility index (Phi) is 4.60.